The van der Waals surface area contributed by atoms with Gasteiger partial charge < -0.3 is 5.32 Å². The van der Waals surface area contributed by atoms with E-state index in [1.54, 1.807) is 71.7 Å². The van der Waals surface area contributed by atoms with Gasteiger partial charge >= 0.3 is 0 Å². The van der Waals surface area contributed by atoms with Gasteiger partial charge in [0, 0.05) is 36.8 Å². The monoisotopic (exact) mass is 451 g/mol. The third-order valence-corrected chi connectivity index (χ3v) is 5.70. The van der Waals surface area contributed by atoms with Gasteiger partial charge in [-0.25, -0.2) is 0 Å². The molecule has 1 aliphatic heterocycles. The minimum atomic E-state index is -0.304. The lowest BCUT2D eigenvalue weighted by atomic mass is 10.1. The number of imide groups is 1. The molecule has 34 heavy (non-hydrogen) atoms. The fourth-order valence-corrected chi connectivity index (χ4v) is 3.86. The summed E-state index contributed by atoms with van der Waals surface area (Å²) in [4.78, 5) is 43.0. The van der Waals surface area contributed by atoms with Crippen LogP contribution in [0.5, 0.6) is 0 Å². The zero-order valence-electron chi connectivity index (χ0n) is 18.2. The van der Waals surface area contributed by atoms with Crippen molar-refractivity contribution in [2.75, 3.05) is 5.32 Å². The van der Waals surface area contributed by atoms with Crippen LogP contribution in [0.3, 0.4) is 0 Å². The van der Waals surface area contributed by atoms with E-state index in [4.69, 9.17) is 0 Å². The van der Waals surface area contributed by atoms with E-state index in [2.05, 4.69) is 15.4 Å². The molecule has 4 aromatic rings. The Morgan fingerprint density at radius 3 is 2.18 bits per heavy atom. The second kappa shape index (κ2) is 9.11. The van der Waals surface area contributed by atoms with Gasteiger partial charge in [-0.05, 0) is 53.9 Å². The molecule has 0 bridgehead atoms. The first-order valence-electron chi connectivity index (χ1n) is 10.9. The molecule has 0 unspecified atom stereocenters. The number of aryl methyl sites for hydroxylation is 2. The van der Waals surface area contributed by atoms with E-state index in [0.717, 1.165) is 17.5 Å². The first kappa shape index (κ1) is 21.3. The first-order chi connectivity index (χ1) is 16.6. The average Bonchev–Trinajstić information content (AvgIpc) is 3.42. The zero-order chi connectivity index (χ0) is 23.5. The molecule has 0 radical (unpaired) electrons. The number of carbonyl (C=O) groups is 3. The van der Waals surface area contributed by atoms with Crippen molar-refractivity contribution in [3.05, 3.63) is 113 Å². The largest absolute Gasteiger partial charge is 0.305 e. The molecule has 0 spiro atoms. The number of amides is 3. The number of fused-ring (bicyclic) bond motifs is 1. The topological polar surface area (TPSA) is 97.2 Å². The van der Waals surface area contributed by atoms with Crippen LogP contribution in [0.1, 0.15) is 42.2 Å². The third-order valence-electron chi connectivity index (χ3n) is 5.70. The van der Waals surface area contributed by atoms with E-state index in [1.807, 2.05) is 18.3 Å². The van der Waals surface area contributed by atoms with Crippen molar-refractivity contribution in [3.8, 4) is 0 Å². The summed E-state index contributed by atoms with van der Waals surface area (Å²) in [6.45, 7) is 0.836. The Labute approximate surface area is 195 Å². The predicted octanol–water partition coefficient (Wildman–Crippen LogP) is 3.57. The van der Waals surface area contributed by atoms with E-state index in [0.29, 0.717) is 29.1 Å². The number of benzene rings is 2. The summed E-state index contributed by atoms with van der Waals surface area (Å²) in [7, 11) is 0. The number of nitrogens with zero attached hydrogens (tertiary/aromatic N) is 4. The highest BCUT2D eigenvalue weighted by molar-refractivity contribution is 6.21. The van der Waals surface area contributed by atoms with E-state index in [9.17, 15) is 14.4 Å². The van der Waals surface area contributed by atoms with Gasteiger partial charge in [-0.1, -0.05) is 24.3 Å². The molecular formula is C26H21N5O3. The van der Waals surface area contributed by atoms with Crippen LogP contribution >= 0.6 is 0 Å². The lowest BCUT2D eigenvalue weighted by Gasteiger charge is -2.14. The SMILES string of the molecule is O=C(Nc1ccn(CCc2ccncc2)n1)c1ccc(CN2C(=O)c3ccccc3C2=O)cc1. The normalized spacial score (nSPS) is 12.6. The Morgan fingerprint density at radius 2 is 1.50 bits per heavy atom. The maximum absolute atomic E-state index is 12.6. The van der Waals surface area contributed by atoms with E-state index >= 15 is 0 Å². The summed E-state index contributed by atoms with van der Waals surface area (Å²) < 4.78 is 1.78. The summed E-state index contributed by atoms with van der Waals surface area (Å²) in [5.74, 6) is -0.426. The fraction of sp³-hybridized carbons (Fsp3) is 0.115. The smallest absolute Gasteiger partial charge is 0.261 e. The zero-order valence-corrected chi connectivity index (χ0v) is 18.2. The quantitative estimate of drug-likeness (QED) is 0.433. The van der Waals surface area contributed by atoms with Gasteiger partial charge in [-0.2, -0.15) is 5.10 Å². The average molecular weight is 451 g/mol. The molecule has 8 heteroatoms. The molecule has 3 amide bonds. The van der Waals surface area contributed by atoms with Crippen LogP contribution in [0.15, 0.2) is 85.3 Å². The highest BCUT2D eigenvalue weighted by atomic mass is 16.2. The standard InChI is InChI=1S/C26H21N5O3/c32-24(28-23-12-16-30(29-23)15-11-18-9-13-27-14-10-18)20-7-5-19(6-8-20)17-31-25(33)21-3-1-2-4-22(21)26(31)34/h1-10,12-14,16H,11,15,17H2,(H,28,29,32). The number of anilines is 1. The van der Waals surface area contributed by atoms with Crippen molar-refractivity contribution in [2.45, 2.75) is 19.5 Å². The van der Waals surface area contributed by atoms with Gasteiger partial charge in [0.15, 0.2) is 5.82 Å². The van der Waals surface area contributed by atoms with Crippen LogP contribution < -0.4 is 5.32 Å². The van der Waals surface area contributed by atoms with Crippen molar-refractivity contribution in [2.24, 2.45) is 0 Å². The molecule has 2 aromatic heterocycles. The van der Waals surface area contributed by atoms with E-state index in [1.165, 1.54) is 4.90 Å². The fourth-order valence-electron chi connectivity index (χ4n) is 3.86. The highest BCUT2D eigenvalue weighted by Gasteiger charge is 2.34. The second-order valence-corrected chi connectivity index (χ2v) is 7.96. The highest BCUT2D eigenvalue weighted by Crippen LogP contribution is 2.24. The lowest BCUT2D eigenvalue weighted by Crippen LogP contribution is -2.29. The molecule has 0 atom stereocenters. The van der Waals surface area contributed by atoms with Crippen LogP contribution in [-0.2, 0) is 19.5 Å². The maximum Gasteiger partial charge on any atom is 0.261 e. The number of rotatable bonds is 7. The second-order valence-electron chi connectivity index (χ2n) is 7.96. The molecule has 0 saturated heterocycles. The molecule has 168 valence electrons. The molecule has 8 nitrogen and oxygen atoms in total. The van der Waals surface area contributed by atoms with Crippen molar-refractivity contribution < 1.29 is 14.4 Å². The van der Waals surface area contributed by atoms with Gasteiger partial charge in [0.2, 0.25) is 0 Å². The Kier molecular flexibility index (Phi) is 5.70. The number of nitrogens with one attached hydrogen (secondary N) is 1. The van der Waals surface area contributed by atoms with Crippen molar-refractivity contribution in [1.29, 1.82) is 0 Å². The van der Waals surface area contributed by atoms with Gasteiger partial charge in [0.1, 0.15) is 0 Å². The minimum absolute atomic E-state index is 0.149. The minimum Gasteiger partial charge on any atom is -0.305 e. The Morgan fingerprint density at radius 1 is 0.824 bits per heavy atom. The molecule has 3 heterocycles. The predicted molar refractivity (Wildman–Crippen MR) is 125 cm³/mol. The number of aromatic nitrogens is 3. The van der Waals surface area contributed by atoms with Gasteiger partial charge in [0.25, 0.3) is 17.7 Å². The van der Waals surface area contributed by atoms with Crippen LogP contribution in [0, 0.1) is 0 Å². The van der Waals surface area contributed by atoms with Gasteiger partial charge in [-0.3, -0.25) is 28.9 Å². The van der Waals surface area contributed by atoms with Crippen LogP contribution in [-0.4, -0.2) is 37.4 Å². The Balaban J connectivity index is 1.18. The summed E-state index contributed by atoms with van der Waals surface area (Å²) in [6, 6.07) is 19.3. The Hall–Kier alpha value is -4.59. The maximum atomic E-state index is 12.6. The number of hydrogen-bond acceptors (Lipinski definition) is 5. The van der Waals surface area contributed by atoms with Gasteiger partial charge in [0.05, 0.1) is 17.7 Å². The molecule has 2 aromatic carbocycles. The number of carbonyl (C=O) groups excluding carboxylic acids is 3. The Bertz CT molecular complexity index is 1330. The van der Waals surface area contributed by atoms with E-state index < -0.39 is 0 Å². The summed E-state index contributed by atoms with van der Waals surface area (Å²) in [6.07, 6.45) is 6.15. The van der Waals surface area contributed by atoms with Crippen LogP contribution in [0.2, 0.25) is 0 Å². The summed E-state index contributed by atoms with van der Waals surface area (Å²) in [5.41, 5.74) is 3.22. The van der Waals surface area contributed by atoms with Gasteiger partial charge in [-0.15, -0.1) is 0 Å². The third kappa shape index (κ3) is 4.33. The number of hydrogen-bond donors (Lipinski definition) is 1. The molecule has 5 rings (SSSR count). The molecule has 0 fully saturated rings. The molecule has 1 aliphatic rings. The molecule has 1 N–H and O–H groups in total. The summed E-state index contributed by atoms with van der Waals surface area (Å²) in [5, 5.41) is 7.20. The van der Waals surface area contributed by atoms with Crippen molar-refractivity contribution in [3.63, 3.8) is 0 Å². The van der Waals surface area contributed by atoms with Crippen LogP contribution in [0.4, 0.5) is 5.82 Å². The molecule has 0 saturated carbocycles. The molecular weight excluding hydrogens is 430 g/mol. The van der Waals surface area contributed by atoms with Crippen molar-refractivity contribution in [1.82, 2.24) is 19.7 Å². The first-order valence-corrected chi connectivity index (χ1v) is 10.9. The van der Waals surface area contributed by atoms with E-state index in [-0.39, 0.29) is 24.3 Å². The number of pyridine rings is 1. The summed E-state index contributed by atoms with van der Waals surface area (Å²) >= 11 is 0. The lowest BCUT2D eigenvalue weighted by molar-refractivity contribution is 0.0642. The molecule has 0 aliphatic carbocycles. The van der Waals surface area contributed by atoms with Crippen molar-refractivity contribution >= 4 is 23.5 Å². The van der Waals surface area contributed by atoms with Crippen LogP contribution in [0.25, 0.3) is 0 Å².